The third kappa shape index (κ3) is 35.4. The summed E-state index contributed by atoms with van der Waals surface area (Å²) in [5, 5.41) is 18.5. The van der Waals surface area contributed by atoms with E-state index in [4.69, 9.17) is 55.6 Å². The largest absolute Gasteiger partial charge is 0.508 e. The van der Waals surface area contributed by atoms with Gasteiger partial charge in [-0.1, -0.05) is 85.2 Å². The molecule has 0 saturated carbocycles. The molecule has 4 aromatic heterocycles. The van der Waals surface area contributed by atoms with Crippen LogP contribution in [0.2, 0.25) is 51.4 Å². The number of ether oxygens (including phenoxy) is 8. The van der Waals surface area contributed by atoms with Gasteiger partial charge >= 0.3 is 22.5 Å². The first-order chi connectivity index (χ1) is 38.6. The summed E-state index contributed by atoms with van der Waals surface area (Å²) >= 11 is 0. The maximum absolute atomic E-state index is 11.8. The van der Waals surface area contributed by atoms with Gasteiger partial charge < -0.3 is 65.8 Å². The fourth-order valence-corrected chi connectivity index (χ4v) is 8.77. The Morgan fingerprint density at radius 3 is 1.15 bits per heavy atom. The maximum atomic E-state index is 11.8. The molecule has 0 spiro atoms. The molecule has 0 aromatic carbocycles. The normalized spacial score (nSPS) is 13.1. The number of hydrogen-bond donors (Lipinski definition) is 2. The summed E-state index contributed by atoms with van der Waals surface area (Å²) < 4.78 is 63.2. The van der Waals surface area contributed by atoms with Gasteiger partial charge in [0, 0.05) is 106 Å². The zero-order valence-corrected chi connectivity index (χ0v) is 53.6. The zero-order chi connectivity index (χ0) is 61.8. The van der Waals surface area contributed by atoms with E-state index in [0.29, 0.717) is 60.6 Å². The van der Waals surface area contributed by atoms with Gasteiger partial charge in [-0.25, -0.2) is 19.2 Å². The van der Waals surface area contributed by atoms with Crippen LogP contribution in [0.5, 0.6) is 23.0 Å². The predicted octanol–water partition coefficient (Wildman–Crippen LogP) is 12.8. The zero-order valence-electron chi connectivity index (χ0n) is 51.6. The highest BCUT2D eigenvalue weighted by Crippen LogP contribution is 2.27. The highest BCUT2D eigenvalue weighted by Gasteiger charge is 2.18. The summed E-state index contributed by atoms with van der Waals surface area (Å²) in [5.41, 5.74) is -1.89. The van der Waals surface area contributed by atoms with Gasteiger partial charge in [-0.3, -0.25) is 4.79 Å². The number of hydrogen-bond acceptors (Lipinski definition) is 19. The lowest BCUT2D eigenvalue weighted by Gasteiger charge is -2.17. The minimum Gasteiger partial charge on any atom is -0.508 e. The van der Waals surface area contributed by atoms with E-state index in [-0.39, 0.29) is 67.1 Å². The average molecular weight is 1190 g/mol. The lowest BCUT2D eigenvalue weighted by molar-refractivity contribution is -0.112. The fourth-order valence-electron chi connectivity index (χ4n) is 7.26. The molecule has 4 unspecified atom stereocenters. The summed E-state index contributed by atoms with van der Waals surface area (Å²) in [5.74, 6) is 3.33. The van der Waals surface area contributed by atoms with Gasteiger partial charge in [-0.05, 0) is 83.4 Å². The number of allylic oxidation sites excluding steroid dienone is 4. The first-order valence-corrected chi connectivity index (χ1v) is 35.3. The minimum atomic E-state index is -1.11. The Morgan fingerprint density at radius 2 is 0.829 bits per heavy atom. The molecule has 0 radical (unpaired) electrons. The number of ketones is 1. The van der Waals surface area contributed by atoms with Crippen molar-refractivity contribution in [1.29, 1.82) is 0 Å². The molecule has 4 atom stereocenters. The molecule has 82 heavy (non-hydrogen) atoms. The van der Waals surface area contributed by atoms with Crippen molar-refractivity contribution >= 4 is 21.9 Å². The van der Waals surface area contributed by atoms with Crippen molar-refractivity contribution in [2.24, 2.45) is 0 Å². The molecule has 0 fully saturated rings. The Bertz CT molecular complexity index is 2690. The lowest BCUT2D eigenvalue weighted by Crippen LogP contribution is -2.22. The molecular formula is C61H96O19Si2. The van der Waals surface area contributed by atoms with Gasteiger partial charge in [-0.15, -0.1) is 0 Å². The predicted molar refractivity (Wildman–Crippen MR) is 323 cm³/mol. The van der Waals surface area contributed by atoms with Crippen LogP contribution < -0.4 is 32.0 Å². The molecule has 4 rings (SSSR count). The van der Waals surface area contributed by atoms with Crippen LogP contribution in [0, 0.1) is 0 Å². The summed E-state index contributed by atoms with van der Waals surface area (Å²) in [4.78, 5) is 56.4. The van der Waals surface area contributed by atoms with Crippen LogP contribution in [-0.2, 0) is 33.2 Å². The van der Waals surface area contributed by atoms with Gasteiger partial charge in [-0.2, -0.15) is 0 Å². The second-order valence-corrected chi connectivity index (χ2v) is 33.6. The Hall–Kier alpha value is -5.66. The average Bonchev–Trinajstić information content (AvgIpc) is 3.52. The van der Waals surface area contributed by atoms with Crippen molar-refractivity contribution in [1.82, 2.24) is 0 Å². The van der Waals surface area contributed by atoms with Gasteiger partial charge in [0.2, 0.25) is 0 Å². The number of carbonyl (C=O) groups excluding carboxylic acids is 1. The van der Waals surface area contributed by atoms with Crippen molar-refractivity contribution in [2.75, 3.05) is 55.2 Å². The van der Waals surface area contributed by atoms with E-state index < -0.39 is 38.7 Å². The summed E-state index contributed by atoms with van der Waals surface area (Å²) in [7, 11) is 4.14. The van der Waals surface area contributed by atoms with Crippen LogP contribution in [0.4, 0.5) is 0 Å². The van der Waals surface area contributed by atoms with E-state index in [2.05, 4.69) is 45.4 Å². The standard InChI is InChI=1S/C19H30O5Si.C18H32O6Si.C12H18O5.C12H16O3/c1-15(8-6-7-9-16(2)20)18-12-17(13-19(21)24-18)23-14-22-10-11-25(3,4)5;1-14(7-8-18(20-2)21-3)16-11-15(12-17(19)24-16)23-13-22-9-10-25(4,5)6;1-8(4-5-12(15-2)16-3)10-6-9(13)7-11(14)17-10;1-3-4-5-6-9(2)11-7-10(13)8-12(14)15-11/h7,9,12-13,15H,6,8,10-11,14H2,1-5H3;11-12,14,18H,7-10,13H2,1-6H3;6-8,12-13H,4-5H2,1-3H3;3-4,7-9,13H,5-6H2,1-2H3/b9-7+;;;4-3+. The van der Waals surface area contributed by atoms with Crippen LogP contribution in [-0.4, -0.2) is 100.0 Å². The third-order valence-electron chi connectivity index (χ3n) is 12.5. The second kappa shape index (κ2) is 40.5. The smallest absolute Gasteiger partial charge is 0.339 e. The molecule has 462 valence electrons. The van der Waals surface area contributed by atoms with Crippen molar-refractivity contribution in [3.63, 3.8) is 0 Å². The van der Waals surface area contributed by atoms with Gasteiger partial charge in [0.15, 0.2) is 31.9 Å². The number of methoxy groups -OCH3 is 4. The molecule has 0 aliphatic rings. The molecule has 0 saturated heterocycles. The van der Waals surface area contributed by atoms with Crippen molar-refractivity contribution < 1.29 is 70.6 Å². The first kappa shape index (κ1) is 74.4. The first-order valence-electron chi connectivity index (χ1n) is 27.9. The van der Waals surface area contributed by atoms with E-state index in [0.717, 1.165) is 62.7 Å². The second-order valence-electron chi connectivity index (χ2n) is 22.4. The van der Waals surface area contributed by atoms with Crippen LogP contribution in [0.25, 0.3) is 0 Å². The molecule has 21 heteroatoms. The van der Waals surface area contributed by atoms with E-state index in [9.17, 15) is 34.2 Å². The maximum Gasteiger partial charge on any atom is 0.339 e. The summed E-state index contributed by atoms with van der Waals surface area (Å²) in [6.07, 6.45) is 13.2. The minimum absolute atomic E-state index is 0.0163. The van der Waals surface area contributed by atoms with Crippen LogP contribution in [0.1, 0.15) is 140 Å². The Morgan fingerprint density at radius 1 is 0.500 bits per heavy atom. The SMILES string of the molecule is C/C=C/CCC(C)c1cc(O)cc(=O)o1.CC(=O)/C=C/CCC(C)c1cc(OCOCC[Si](C)(C)C)cc(=O)o1.COC(CCC(C)c1cc(O)cc(=O)o1)OC.COC(CCC(C)c1cc(OCOCC[Si](C)(C)C)cc(=O)o1)OC. The molecule has 19 nitrogen and oxygen atoms in total. The highest BCUT2D eigenvalue weighted by molar-refractivity contribution is 6.76. The third-order valence-corrected chi connectivity index (χ3v) is 15.9. The Balaban J connectivity index is 0.000000559. The molecule has 4 heterocycles. The van der Waals surface area contributed by atoms with Crippen LogP contribution in [0.15, 0.2) is 110 Å². The number of carbonyl (C=O) groups is 1. The van der Waals surface area contributed by atoms with E-state index >= 15 is 0 Å². The molecule has 2 N–H and O–H groups in total. The van der Waals surface area contributed by atoms with Crippen LogP contribution >= 0.6 is 0 Å². The van der Waals surface area contributed by atoms with Crippen molar-refractivity contribution in [3.8, 4) is 23.0 Å². The Labute approximate surface area is 486 Å². The van der Waals surface area contributed by atoms with Crippen LogP contribution in [0.3, 0.4) is 0 Å². The molecule has 0 bridgehead atoms. The Kier molecular flexibility index (Phi) is 36.8. The fraction of sp³-hybridized carbons (Fsp3) is 0.590. The van der Waals surface area contributed by atoms with Gasteiger partial charge in [0.25, 0.3) is 0 Å². The molecule has 0 aliphatic carbocycles. The number of aromatic hydroxyl groups is 2. The molecule has 4 aromatic rings. The summed E-state index contributed by atoms with van der Waals surface area (Å²) in [6, 6.07) is 13.4. The van der Waals surface area contributed by atoms with Crippen molar-refractivity contribution in [3.05, 3.63) is 138 Å². The monoisotopic (exact) mass is 1190 g/mol. The van der Waals surface area contributed by atoms with Crippen molar-refractivity contribution in [2.45, 2.75) is 181 Å². The van der Waals surface area contributed by atoms with Gasteiger partial charge in [0.1, 0.15) is 46.0 Å². The van der Waals surface area contributed by atoms with E-state index in [1.807, 2.05) is 46.8 Å². The van der Waals surface area contributed by atoms with E-state index in [1.165, 1.54) is 31.2 Å². The summed E-state index contributed by atoms with van der Waals surface area (Å²) in [6.45, 7) is 26.7. The molecule has 0 aliphatic heterocycles. The van der Waals surface area contributed by atoms with Gasteiger partial charge in [0.05, 0.1) is 24.3 Å². The molecular weight excluding hydrogens is 1090 g/mol. The van der Waals surface area contributed by atoms with E-state index in [1.54, 1.807) is 46.6 Å². The molecule has 0 amide bonds. The lowest BCUT2D eigenvalue weighted by atomic mass is 10.0. The highest BCUT2D eigenvalue weighted by atomic mass is 28.3. The number of rotatable bonds is 33. The quantitative estimate of drug-likeness (QED) is 0.0148. The topological polar surface area (TPSA) is 252 Å².